The molecule has 0 radical (unpaired) electrons. The van der Waals surface area contributed by atoms with Crippen molar-refractivity contribution in [2.24, 2.45) is 7.05 Å². The van der Waals surface area contributed by atoms with Gasteiger partial charge in [-0.05, 0) is 17.7 Å². The number of imidazole rings is 1. The largest absolute Gasteiger partial charge is 0.380 e. The van der Waals surface area contributed by atoms with Crippen LogP contribution >= 0.6 is 0 Å². The number of carbonyl (C=O) groups excluding carboxylic acids is 1. The summed E-state index contributed by atoms with van der Waals surface area (Å²) in [6, 6.07) is 12.9. The average molecular weight is 295 g/mol. The highest BCUT2D eigenvalue weighted by molar-refractivity contribution is 5.94. The monoisotopic (exact) mass is 295 g/mol. The summed E-state index contributed by atoms with van der Waals surface area (Å²) in [4.78, 5) is 16.6. The molecule has 3 rings (SSSR count). The number of aryl methyl sites for hydroxylation is 1. The Morgan fingerprint density at radius 2 is 1.95 bits per heavy atom. The summed E-state index contributed by atoms with van der Waals surface area (Å²) in [7, 11) is 1.83. The highest BCUT2D eigenvalue weighted by Crippen LogP contribution is 2.20. The van der Waals surface area contributed by atoms with E-state index in [2.05, 4.69) is 4.98 Å². The van der Waals surface area contributed by atoms with Crippen LogP contribution in [0.5, 0.6) is 0 Å². The molecule has 0 aliphatic rings. The Morgan fingerprint density at radius 3 is 2.64 bits per heavy atom. The van der Waals surface area contributed by atoms with Crippen LogP contribution in [0.2, 0.25) is 0 Å². The number of nitrogens with zero attached hydrogens (tertiary/aromatic N) is 3. The van der Waals surface area contributed by atoms with E-state index in [0.717, 1.165) is 5.56 Å². The van der Waals surface area contributed by atoms with Gasteiger partial charge in [0.15, 0.2) is 5.78 Å². The van der Waals surface area contributed by atoms with Crippen molar-refractivity contribution >= 4 is 5.78 Å². The molecule has 0 spiro atoms. The van der Waals surface area contributed by atoms with Crippen LogP contribution in [-0.4, -0.2) is 25.0 Å². The Hall–Kier alpha value is -2.66. The van der Waals surface area contributed by atoms with E-state index < -0.39 is 6.10 Å². The Labute approximate surface area is 128 Å². The lowest BCUT2D eigenvalue weighted by Crippen LogP contribution is -2.17. The number of rotatable bonds is 5. The van der Waals surface area contributed by atoms with Crippen molar-refractivity contribution in [1.82, 2.24) is 14.1 Å². The molecule has 5 heteroatoms. The van der Waals surface area contributed by atoms with Gasteiger partial charge in [0.05, 0.1) is 12.2 Å². The Balaban J connectivity index is 1.84. The fourth-order valence-electron chi connectivity index (χ4n) is 2.47. The van der Waals surface area contributed by atoms with E-state index >= 15 is 0 Å². The predicted molar refractivity (Wildman–Crippen MR) is 82.5 cm³/mol. The number of Topliss-reactive ketones (excluding diaryl/α,β-unsaturated/α-hetero) is 1. The molecule has 22 heavy (non-hydrogen) atoms. The molecule has 0 bridgehead atoms. The maximum atomic E-state index is 12.4. The van der Waals surface area contributed by atoms with Gasteiger partial charge in [-0.1, -0.05) is 30.3 Å². The molecular formula is C17H17N3O2. The normalized spacial score (nSPS) is 12.3. The average Bonchev–Trinajstić information content (AvgIpc) is 3.16. The Morgan fingerprint density at radius 1 is 1.18 bits per heavy atom. The van der Waals surface area contributed by atoms with Crippen LogP contribution in [0.1, 0.15) is 28.0 Å². The zero-order chi connectivity index (χ0) is 15.5. The third-order valence-electron chi connectivity index (χ3n) is 3.65. The number of aliphatic hydroxyl groups is 1. The van der Waals surface area contributed by atoms with Gasteiger partial charge in [-0.15, -0.1) is 0 Å². The lowest BCUT2D eigenvalue weighted by atomic mass is 10.1. The van der Waals surface area contributed by atoms with Crippen LogP contribution in [0.3, 0.4) is 0 Å². The second-order valence-electron chi connectivity index (χ2n) is 5.15. The van der Waals surface area contributed by atoms with Crippen LogP contribution in [-0.2, 0) is 13.6 Å². The van der Waals surface area contributed by atoms with Gasteiger partial charge in [-0.2, -0.15) is 0 Å². The van der Waals surface area contributed by atoms with Crippen LogP contribution in [0, 0.1) is 0 Å². The first-order valence-corrected chi connectivity index (χ1v) is 7.05. The van der Waals surface area contributed by atoms with Crippen molar-refractivity contribution < 1.29 is 9.90 Å². The molecule has 0 unspecified atom stereocenters. The standard InChI is InChI=1S/C17H17N3O2/c1-19-10-5-8-14(19)15(21)12-20-11-9-18-17(20)16(22)13-6-3-2-4-7-13/h2-11,16,22H,12H2,1H3/t16-/m0/s1. The zero-order valence-electron chi connectivity index (χ0n) is 12.3. The van der Waals surface area contributed by atoms with Gasteiger partial charge in [-0.3, -0.25) is 4.79 Å². The third kappa shape index (κ3) is 2.71. The second kappa shape index (κ2) is 5.99. The molecule has 2 heterocycles. The number of ketones is 1. The summed E-state index contributed by atoms with van der Waals surface area (Å²) < 4.78 is 3.47. The summed E-state index contributed by atoms with van der Waals surface area (Å²) in [6.07, 6.45) is 4.29. The van der Waals surface area contributed by atoms with Gasteiger partial charge in [0, 0.05) is 25.6 Å². The van der Waals surface area contributed by atoms with Crippen molar-refractivity contribution in [2.45, 2.75) is 12.6 Å². The van der Waals surface area contributed by atoms with E-state index in [1.54, 1.807) is 27.6 Å². The summed E-state index contributed by atoms with van der Waals surface area (Å²) in [5.41, 5.74) is 1.38. The summed E-state index contributed by atoms with van der Waals surface area (Å²) in [5.74, 6) is 0.445. The smallest absolute Gasteiger partial charge is 0.198 e. The highest BCUT2D eigenvalue weighted by atomic mass is 16.3. The lowest BCUT2D eigenvalue weighted by molar-refractivity contribution is 0.0959. The van der Waals surface area contributed by atoms with E-state index in [4.69, 9.17) is 0 Å². The summed E-state index contributed by atoms with van der Waals surface area (Å²) >= 11 is 0. The quantitative estimate of drug-likeness (QED) is 0.734. The second-order valence-corrected chi connectivity index (χ2v) is 5.15. The van der Waals surface area contributed by atoms with Gasteiger partial charge in [0.2, 0.25) is 0 Å². The van der Waals surface area contributed by atoms with Crippen LogP contribution in [0.25, 0.3) is 0 Å². The molecule has 1 aromatic carbocycles. The molecule has 0 aliphatic carbocycles. The van der Waals surface area contributed by atoms with Gasteiger partial charge in [0.25, 0.3) is 0 Å². The van der Waals surface area contributed by atoms with Crippen LogP contribution in [0.4, 0.5) is 0 Å². The summed E-state index contributed by atoms with van der Waals surface area (Å²) in [6.45, 7) is 0.150. The van der Waals surface area contributed by atoms with Gasteiger partial charge in [-0.25, -0.2) is 4.98 Å². The molecule has 0 saturated heterocycles. The first-order valence-electron chi connectivity index (χ1n) is 7.05. The van der Waals surface area contributed by atoms with Crippen molar-refractivity contribution in [1.29, 1.82) is 0 Å². The molecule has 5 nitrogen and oxygen atoms in total. The van der Waals surface area contributed by atoms with E-state index in [1.165, 1.54) is 0 Å². The number of carbonyl (C=O) groups is 1. The number of aliphatic hydroxyl groups excluding tert-OH is 1. The molecule has 1 atom stereocenters. The molecule has 3 aromatic rings. The minimum Gasteiger partial charge on any atom is -0.380 e. The molecule has 0 fully saturated rings. The minimum absolute atomic E-state index is 0.0213. The maximum Gasteiger partial charge on any atom is 0.198 e. The molecular weight excluding hydrogens is 278 g/mol. The Kier molecular flexibility index (Phi) is 3.89. The number of hydrogen-bond acceptors (Lipinski definition) is 3. The van der Waals surface area contributed by atoms with Crippen LogP contribution < -0.4 is 0 Å². The van der Waals surface area contributed by atoms with Crippen molar-refractivity contribution in [2.75, 3.05) is 0 Å². The first-order chi connectivity index (χ1) is 10.7. The van der Waals surface area contributed by atoms with E-state index in [0.29, 0.717) is 11.5 Å². The minimum atomic E-state index is -0.850. The number of hydrogen-bond donors (Lipinski definition) is 1. The zero-order valence-corrected chi connectivity index (χ0v) is 12.3. The van der Waals surface area contributed by atoms with Crippen molar-refractivity contribution in [3.63, 3.8) is 0 Å². The first kappa shape index (κ1) is 14.3. The van der Waals surface area contributed by atoms with E-state index in [9.17, 15) is 9.90 Å². The van der Waals surface area contributed by atoms with E-state index in [1.807, 2.05) is 49.6 Å². The SMILES string of the molecule is Cn1cccc1C(=O)Cn1ccnc1[C@@H](O)c1ccccc1. The molecule has 1 N–H and O–H groups in total. The third-order valence-corrected chi connectivity index (χ3v) is 3.65. The molecule has 112 valence electrons. The maximum absolute atomic E-state index is 12.4. The number of benzene rings is 1. The van der Waals surface area contributed by atoms with Crippen LogP contribution in [0.15, 0.2) is 61.1 Å². The van der Waals surface area contributed by atoms with Crippen molar-refractivity contribution in [3.05, 3.63) is 78.1 Å². The lowest BCUT2D eigenvalue weighted by Gasteiger charge is -2.13. The molecule has 0 aliphatic heterocycles. The topological polar surface area (TPSA) is 60.0 Å². The predicted octanol–water partition coefficient (Wildman–Crippen LogP) is 2.19. The number of aromatic nitrogens is 3. The summed E-state index contributed by atoms with van der Waals surface area (Å²) in [5, 5.41) is 10.5. The molecule has 2 aromatic heterocycles. The highest BCUT2D eigenvalue weighted by Gasteiger charge is 2.18. The fraction of sp³-hybridized carbons (Fsp3) is 0.176. The molecule has 0 saturated carbocycles. The van der Waals surface area contributed by atoms with Crippen molar-refractivity contribution in [3.8, 4) is 0 Å². The molecule has 0 amide bonds. The van der Waals surface area contributed by atoms with E-state index in [-0.39, 0.29) is 12.3 Å². The van der Waals surface area contributed by atoms with Gasteiger partial charge in [0.1, 0.15) is 11.9 Å². The Bertz CT molecular complexity index is 774. The fourth-order valence-corrected chi connectivity index (χ4v) is 2.47. The van der Waals surface area contributed by atoms with Gasteiger partial charge >= 0.3 is 0 Å². The van der Waals surface area contributed by atoms with Gasteiger partial charge < -0.3 is 14.2 Å².